The van der Waals surface area contributed by atoms with Crippen molar-refractivity contribution in [3.05, 3.63) is 64.2 Å². The molecule has 0 aromatic heterocycles. The van der Waals surface area contributed by atoms with Gasteiger partial charge in [-0.25, -0.2) is 0 Å². The van der Waals surface area contributed by atoms with Crippen LogP contribution in [0.4, 0.5) is 17.1 Å². The maximum atomic E-state index is 12.3. The number of nitrogens with one attached hydrogen (secondary N) is 1. The van der Waals surface area contributed by atoms with E-state index >= 15 is 0 Å². The van der Waals surface area contributed by atoms with Gasteiger partial charge in [-0.15, -0.1) is 0 Å². The van der Waals surface area contributed by atoms with Gasteiger partial charge in [0.15, 0.2) is 6.61 Å². The molecule has 0 aliphatic carbocycles. The van der Waals surface area contributed by atoms with E-state index in [1.807, 2.05) is 11.0 Å². The molecule has 154 valence electrons. The van der Waals surface area contributed by atoms with Gasteiger partial charge >= 0.3 is 5.97 Å². The first-order chi connectivity index (χ1) is 14.5. The molecule has 0 radical (unpaired) electrons. The molecular weight excluding hydrogens is 388 g/mol. The topological polar surface area (TPSA) is 126 Å². The molecule has 1 heterocycles. The Morgan fingerprint density at radius 2 is 1.93 bits per heavy atom. The lowest BCUT2D eigenvalue weighted by atomic mass is 9.96. The fourth-order valence-electron chi connectivity index (χ4n) is 3.36. The van der Waals surface area contributed by atoms with Gasteiger partial charge in [-0.2, -0.15) is 5.26 Å². The fourth-order valence-corrected chi connectivity index (χ4v) is 3.36. The van der Waals surface area contributed by atoms with Crippen molar-refractivity contribution in [2.75, 3.05) is 29.9 Å². The number of piperidine rings is 1. The molecule has 1 saturated heterocycles. The van der Waals surface area contributed by atoms with E-state index in [1.165, 1.54) is 12.1 Å². The number of nitrogens with zero attached hydrogens (tertiary/aromatic N) is 3. The zero-order chi connectivity index (χ0) is 21.5. The van der Waals surface area contributed by atoms with Gasteiger partial charge in [-0.1, -0.05) is 18.2 Å². The number of benzene rings is 2. The van der Waals surface area contributed by atoms with Gasteiger partial charge in [0.05, 0.1) is 22.5 Å². The lowest BCUT2D eigenvalue weighted by Crippen LogP contribution is -2.37. The lowest BCUT2D eigenvalue weighted by molar-refractivity contribution is -0.384. The maximum absolute atomic E-state index is 12.3. The maximum Gasteiger partial charge on any atom is 0.309 e. The van der Waals surface area contributed by atoms with Crippen LogP contribution < -0.4 is 10.2 Å². The van der Waals surface area contributed by atoms with Gasteiger partial charge in [0.1, 0.15) is 5.69 Å². The third kappa shape index (κ3) is 5.11. The Balaban J connectivity index is 1.48. The van der Waals surface area contributed by atoms with Crippen LogP contribution in [-0.2, 0) is 14.3 Å². The molecule has 0 unspecified atom stereocenters. The average molecular weight is 408 g/mol. The zero-order valence-electron chi connectivity index (χ0n) is 16.1. The highest BCUT2D eigenvalue weighted by atomic mass is 16.6. The number of ether oxygens (including phenoxy) is 1. The Bertz CT molecular complexity index is 993. The van der Waals surface area contributed by atoms with Crippen LogP contribution in [-0.4, -0.2) is 36.5 Å². The highest BCUT2D eigenvalue weighted by molar-refractivity contribution is 5.93. The third-order valence-corrected chi connectivity index (χ3v) is 4.87. The van der Waals surface area contributed by atoms with Gasteiger partial charge in [-0.3, -0.25) is 19.7 Å². The number of nitro benzene ring substituents is 1. The van der Waals surface area contributed by atoms with Crippen molar-refractivity contribution in [3.8, 4) is 6.07 Å². The van der Waals surface area contributed by atoms with E-state index in [2.05, 4.69) is 5.32 Å². The summed E-state index contributed by atoms with van der Waals surface area (Å²) in [5.74, 6) is -1.31. The Kier molecular flexibility index (Phi) is 6.60. The van der Waals surface area contributed by atoms with E-state index in [0.29, 0.717) is 42.9 Å². The average Bonchev–Trinajstić information content (AvgIpc) is 2.77. The van der Waals surface area contributed by atoms with Crippen LogP contribution in [0.1, 0.15) is 18.4 Å². The third-order valence-electron chi connectivity index (χ3n) is 4.87. The number of hydrogen-bond acceptors (Lipinski definition) is 7. The molecule has 1 amide bonds. The first-order valence-electron chi connectivity index (χ1n) is 9.43. The number of rotatable bonds is 6. The van der Waals surface area contributed by atoms with Crippen molar-refractivity contribution in [2.24, 2.45) is 5.92 Å². The van der Waals surface area contributed by atoms with Crippen LogP contribution in [0.15, 0.2) is 48.5 Å². The van der Waals surface area contributed by atoms with Crippen LogP contribution in [0.5, 0.6) is 0 Å². The van der Waals surface area contributed by atoms with Crippen molar-refractivity contribution < 1.29 is 19.2 Å². The van der Waals surface area contributed by atoms with Crippen LogP contribution >= 0.6 is 0 Å². The van der Waals surface area contributed by atoms with Crippen molar-refractivity contribution in [1.82, 2.24) is 0 Å². The van der Waals surface area contributed by atoms with E-state index in [9.17, 15) is 19.7 Å². The second-order valence-electron chi connectivity index (χ2n) is 6.86. The predicted octanol–water partition coefficient (Wildman–Crippen LogP) is 2.86. The number of carbonyl (C=O) groups excluding carboxylic acids is 2. The molecule has 1 fully saturated rings. The molecule has 9 nitrogen and oxygen atoms in total. The Labute approximate surface area is 173 Å². The van der Waals surface area contributed by atoms with E-state index < -0.39 is 23.4 Å². The zero-order valence-corrected chi connectivity index (χ0v) is 16.1. The summed E-state index contributed by atoms with van der Waals surface area (Å²) in [5, 5.41) is 22.7. The molecule has 2 aromatic carbocycles. The van der Waals surface area contributed by atoms with Crippen LogP contribution in [0.3, 0.4) is 0 Å². The monoisotopic (exact) mass is 408 g/mol. The summed E-state index contributed by atoms with van der Waals surface area (Å²) < 4.78 is 5.13. The molecule has 0 saturated carbocycles. The number of anilines is 2. The molecular formula is C21H20N4O5. The molecule has 9 heteroatoms. The number of carbonyl (C=O) groups is 2. The van der Waals surface area contributed by atoms with Gasteiger partial charge < -0.3 is 15.0 Å². The lowest BCUT2D eigenvalue weighted by Gasteiger charge is -2.32. The molecule has 30 heavy (non-hydrogen) atoms. The first-order valence-corrected chi connectivity index (χ1v) is 9.43. The van der Waals surface area contributed by atoms with Crippen molar-refractivity contribution >= 4 is 28.9 Å². The number of amides is 1. The quantitative estimate of drug-likeness (QED) is 0.442. The summed E-state index contributed by atoms with van der Waals surface area (Å²) in [6, 6.07) is 14.9. The van der Waals surface area contributed by atoms with Gasteiger partial charge in [0.2, 0.25) is 0 Å². The number of para-hydroxylation sites is 2. The summed E-state index contributed by atoms with van der Waals surface area (Å²) in [6.45, 7) is 0.551. The Hall–Kier alpha value is -3.93. The molecule has 1 N–H and O–H groups in total. The molecule has 0 atom stereocenters. The van der Waals surface area contributed by atoms with E-state index in [1.54, 1.807) is 36.4 Å². The van der Waals surface area contributed by atoms with Gasteiger partial charge in [0, 0.05) is 24.8 Å². The second kappa shape index (κ2) is 9.52. The Morgan fingerprint density at radius 3 is 2.63 bits per heavy atom. The van der Waals surface area contributed by atoms with Gasteiger partial charge in [-0.05, 0) is 37.1 Å². The number of esters is 1. The van der Waals surface area contributed by atoms with E-state index in [4.69, 9.17) is 10.00 Å². The molecule has 0 bridgehead atoms. The normalized spacial score (nSPS) is 13.9. The first kappa shape index (κ1) is 20.8. The number of nitro groups is 1. The minimum absolute atomic E-state index is 0.0377. The Morgan fingerprint density at radius 1 is 1.20 bits per heavy atom. The molecule has 0 spiro atoms. The minimum Gasteiger partial charge on any atom is -0.455 e. The summed E-state index contributed by atoms with van der Waals surface area (Å²) in [4.78, 5) is 37.0. The van der Waals surface area contributed by atoms with Crippen molar-refractivity contribution in [2.45, 2.75) is 12.8 Å². The molecule has 1 aliphatic rings. The highest BCUT2D eigenvalue weighted by Gasteiger charge is 2.29. The fraction of sp³-hybridized carbons (Fsp3) is 0.286. The summed E-state index contributed by atoms with van der Waals surface area (Å²) >= 11 is 0. The standard InChI is InChI=1S/C21H20N4O5/c22-13-15-4-3-5-17(12-15)23-20(26)14-30-21(27)16-8-10-24(11-9-16)18-6-1-2-7-19(18)25(28)29/h1-7,12,16H,8-11,14H2,(H,23,26). The van der Waals surface area contributed by atoms with Gasteiger partial charge in [0.25, 0.3) is 11.6 Å². The second-order valence-corrected chi connectivity index (χ2v) is 6.86. The van der Waals surface area contributed by atoms with Crippen LogP contribution in [0.25, 0.3) is 0 Å². The minimum atomic E-state index is -0.490. The largest absolute Gasteiger partial charge is 0.455 e. The summed E-state index contributed by atoms with van der Waals surface area (Å²) in [7, 11) is 0. The predicted molar refractivity (Wildman–Crippen MR) is 109 cm³/mol. The van der Waals surface area contributed by atoms with Crippen LogP contribution in [0.2, 0.25) is 0 Å². The number of hydrogen-bond donors (Lipinski definition) is 1. The molecule has 3 rings (SSSR count). The van der Waals surface area contributed by atoms with Crippen molar-refractivity contribution in [1.29, 1.82) is 5.26 Å². The number of nitriles is 1. The van der Waals surface area contributed by atoms with Crippen LogP contribution in [0, 0.1) is 27.4 Å². The highest BCUT2D eigenvalue weighted by Crippen LogP contribution is 2.31. The van der Waals surface area contributed by atoms with Crippen molar-refractivity contribution in [3.63, 3.8) is 0 Å². The smallest absolute Gasteiger partial charge is 0.309 e. The summed E-state index contributed by atoms with van der Waals surface area (Å²) in [6.07, 6.45) is 0.966. The SMILES string of the molecule is N#Cc1cccc(NC(=O)COC(=O)C2CCN(c3ccccc3[N+](=O)[O-])CC2)c1. The summed E-state index contributed by atoms with van der Waals surface area (Å²) in [5.41, 5.74) is 1.44. The van der Waals surface area contributed by atoms with E-state index in [0.717, 1.165) is 0 Å². The molecule has 1 aliphatic heterocycles. The van der Waals surface area contributed by atoms with E-state index in [-0.39, 0.29) is 11.6 Å². The molecule has 2 aromatic rings.